The van der Waals surface area contributed by atoms with Gasteiger partial charge in [0.2, 0.25) is 0 Å². The highest BCUT2D eigenvalue weighted by Crippen LogP contribution is 2.25. The Hall–Kier alpha value is -1.62. The molecule has 1 aliphatic carbocycles. The molecule has 5 nitrogen and oxygen atoms in total. The number of hydrogen-bond donors (Lipinski definition) is 1. The normalized spacial score (nSPS) is 22.3. The van der Waals surface area contributed by atoms with Gasteiger partial charge in [-0.1, -0.05) is 19.3 Å². The molecule has 1 N–H and O–H groups in total. The summed E-state index contributed by atoms with van der Waals surface area (Å²) in [5.41, 5.74) is 1.55. The van der Waals surface area contributed by atoms with E-state index in [1.807, 2.05) is 19.2 Å². The number of carbonyl (C=O) groups excluding carboxylic acids is 1. The summed E-state index contributed by atoms with van der Waals surface area (Å²) in [6, 6.07) is 3.03. The molecule has 5 heteroatoms. The molecule has 1 aliphatic heterocycles. The Morgan fingerprint density at radius 2 is 2.04 bits per heavy atom. The molecule has 1 aromatic rings. The minimum atomic E-state index is -0.306. The van der Waals surface area contributed by atoms with E-state index in [4.69, 9.17) is 4.74 Å². The predicted molar refractivity (Wildman–Crippen MR) is 90.9 cm³/mol. The molecule has 2 fully saturated rings. The van der Waals surface area contributed by atoms with Crippen molar-refractivity contribution in [2.24, 2.45) is 0 Å². The third-order valence-corrected chi connectivity index (χ3v) is 4.97. The molecule has 0 spiro atoms. The van der Waals surface area contributed by atoms with Crippen molar-refractivity contribution in [3.8, 4) is 0 Å². The van der Waals surface area contributed by atoms with Gasteiger partial charge in [0, 0.05) is 31.4 Å². The maximum atomic E-state index is 12.0. The van der Waals surface area contributed by atoms with Gasteiger partial charge in [-0.05, 0) is 37.8 Å². The quantitative estimate of drug-likeness (QED) is 0.865. The van der Waals surface area contributed by atoms with E-state index >= 15 is 0 Å². The molecule has 0 aromatic carbocycles. The van der Waals surface area contributed by atoms with Gasteiger partial charge in [0.1, 0.15) is 11.4 Å². The van der Waals surface area contributed by atoms with Gasteiger partial charge >= 0.3 is 5.97 Å². The van der Waals surface area contributed by atoms with Crippen LogP contribution in [0.4, 0.5) is 5.82 Å². The van der Waals surface area contributed by atoms with Crippen LogP contribution in [0, 0.1) is 6.92 Å². The van der Waals surface area contributed by atoms with Crippen LogP contribution in [0.3, 0.4) is 0 Å². The van der Waals surface area contributed by atoms with Crippen LogP contribution in [0.5, 0.6) is 0 Å². The molecule has 1 saturated heterocycles. The van der Waals surface area contributed by atoms with Crippen LogP contribution in [-0.2, 0) is 4.74 Å². The van der Waals surface area contributed by atoms with Gasteiger partial charge in [0.15, 0.2) is 0 Å². The number of pyridine rings is 1. The lowest BCUT2D eigenvalue weighted by Gasteiger charge is -2.27. The average molecular weight is 317 g/mol. The fourth-order valence-electron chi connectivity index (χ4n) is 3.77. The predicted octanol–water partition coefficient (Wildman–Crippen LogP) is 2.68. The summed E-state index contributed by atoms with van der Waals surface area (Å²) in [4.78, 5) is 18.8. The standard InChI is InChI=1S/C18H27N3O2/c1-13-10-16(18(22)23-2)17(19-11-13)21-9-8-15(12-21)20-14-6-4-3-5-7-14/h10-11,14-15,20H,3-9,12H2,1-2H3. The third-order valence-electron chi connectivity index (χ3n) is 4.97. The topological polar surface area (TPSA) is 54.5 Å². The number of anilines is 1. The van der Waals surface area contributed by atoms with Crippen LogP contribution in [0.15, 0.2) is 12.3 Å². The number of ether oxygens (including phenoxy) is 1. The molecule has 0 amide bonds. The van der Waals surface area contributed by atoms with E-state index in [-0.39, 0.29) is 5.97 Å². The molecule has 1 saturated carbocycles. The van der Waals surface area contributed by atoms with E-state index in [9.17, 15) is 4.79 Å². The number of rotatable bonds is 4. The second-order valence-electron chi connectivity index (χ2n) is 6.81. The first kappa shape index (κ1) is 16.2. The number of methoxy groups -OCH3 is 1. The van der Waals surface area contributed by atoms with E-state index in [2.05, 4.69) is 15.2 Å². The van der Waals surface area contributed by atoms with Crippen molar-refractivity contribution in [3.63, 3.8) is 0 Å². The van der Waals surface area contributed by atoms with E-state index in [1.54, 1.807) is 0 Å². The van der Waals surface area contributed by atoms with Gasteiger partial charge in [-0.15, -0.1) is 0 Å². The molecule has 0 bridgehead atoms. The number of nitrogens with zero attached hydrogens (tertiary/aromatic N) is 2. The summed E-state index contributed by atoms with van der Waals surface area (Å²) >= 11 is 0. The second-order valence-corrected chi connectivity index (χ2v) is 6.81. The van der Waals surface area contributed by atoms with Crippen LogP contribution in [0.1, 0.15) is 54.4 Å². The minimum Gasteiger partial charge on any atom is -0.465 e. The summed E-state index contributed by atoms with van der Waals surface area (Å²) in [7, 11) is 1.42. The van der Waals surface area contributed by atoms with Crippen molar-refractivity contribution in [2.45, 2.75) is 57.5 Å². The molecular formula is C18H27N3O2. The first-order chi connectivity index (χ1) is 11.2. The minimum absolute atomic E-state index is 0.306. The van der Waals surface area contributed by atoms with E-state index < -0.39 is 0 Å². The fourth-order valence-corrected chi connectivity index (χ4v) is 3.77. The highest BCUT2D eigenvalue weighted by atomic mass is 16.5. The molecule has 3 rings (SSSR count). The number of aryl methyl sites for hydroxylation is 1. The average Bonchev–Trinajstić information content (AvgIpc) is 3.03. The Bertz CT molecular complexity index is 555. The molecular weight excluding hydrogens is 290 g/mol. The van der Waals surface area contributed by atoms with Crippen LogP contribution in [0.2, 0.25) is 0 Å². The molecule has 1 aromatic heterocycles. The SMILES string of the molecule is COC(=O)c1cc(C)cnc1N1CCC(NC2CCCCC2)C1. The molecule has 1 unspecified atom stereocenters. The smallest absolute Gasteiger partial charge is 0.341 e. The summed E-state index contributed by atoms with van der Waals surface area (Å²) in [5.74, 6) is 0.454. The lowest BCUT2D eigenvalue weighted by Crippen LogP contribution is -2.41. The Kier molecular flexibility index (Phi) is 5.16. The molecule has 1 atom stereocenters. The van der Waals surface area contributed by atoms with Gasteiger partial charge in [0.25, 0.3) is 0 Å². The second kappa shape index (κ2) is 7.30. The van der Waals surface area contributed by atoms with E-state index in [1.165, 1.54) is 39.2 Å². The van der Waals surface area contributed by atoms with E-state index in [0.717, 1.165) is 30.9 Å². The van der Waals surface area contributed by atoms with Crippen molar-refractivity contribution < 1.29 is 9.53 Å². The Morgan fingerprint density at radius 3 is 2.78 bits per heavy atom. The van der Waals surface area contributed by atoms with Crippen LogP contribution >= 0.6 is 0 Å². The molecule has 2 heterocycles. The number of nitrogens with one attached hydrogen (secondary N) is 1. The Morgan fingerprint density at radius 1 is 1.26 bits per heavy atom. The fraction of sp³-hybridized carbons (Fsp3) is 0.667. The van der Waals surface area contributed by atoms with Gasteiger partial charge < -0.3 is 15.0 Å². The molecule has 23 heavy (non-hydrogen) atoms. The monoisotopic (exact) mass is 317 g/mol. The highest BCUT2D eigenvalue weighted by Gasteiger charge is 2.28. The zero-order valence-electron chi connectivity index (χ0n) is 14.2. The number of carbonyl (C=O) groups is 1. The van der Waals surface area contributed by atoms with Crippen molar-refractivity contribution in [1.29, 1.82) is 0 Å². The zero-order valence-corrected chi connectivity index (χ0v) is 14.2. The van der Waals surface area contributed by atoms with Gasteiger partial charge in [-0.25, -0.2) is 9.78 Å². The van der Waals surface area contributed by atoms with Crippen molar-refractivity contribution in [3.05, 3.63) is 23.4 Å². The lowest BCUT2D eigenvalue weighted by molar-refractivity contribution is 0.0601. The van der Waals surface area contributed by atoms with Crippen LogP contribution < -0.4 is 10.2 Å². The number of esters is 1. The maximum Gasteiger partial charge on any atom is 0.341 e. The van der Waals surface area contributed by atoms with Crippen LogP contribution in [-0.4, -0.2) is 43.2 Å². The summed E-state index contributed by atoms with van der Waals surface area (Å²) in [5, 5.41) is 3.81. The largest absolute Gasteiger partial charge is 0.465 e. The van der Waals surface area contributed by atoms with Crippen molar-refractivity contribution >= 4 is 11.8 Å². The zero-order chi connectivity index (χ0) is 16.2. The van der Waals surface area contributed by atoms with E-state index in [0.29, 0.717) is 17.6 Å². The molecule has 126 valence electrons. The Labute approximate surface area is 138 Å². The van der Waals surface area contributed by atoms with Crippen LogP contribution in [0.25, 0.3) is 0 Å². The number of hydrogen-bond acceptors (Lipinski definition) is 5. The lowest BCUT2D eigenvalue weighted by atomic mass is 9.95. The first-order valence-corrected chi connectivity index (χ1v) is 8.73. The summed E-state index contributed by atoms with van der Waals surface area (Å²) in [6.45, 7) is 3.79. The molecule has 0 radical (unpaired) electrons. The number of aromatic nitrogens is 1. The molecule has 2 aliphatic rings. The first-order valence-electron chi connectivity index (χ1n) is 8.73. The summed E-state index contributed by atoms with van der Waals surface area (Å²) in [6.07, 6.45) is 9.60. The summed E-state index contributed by atoms with van der Waals surface area (Å²) < 4.78 is 4.92. The van der Waals surface area contributed by atoms with Gasteiger partial charge in [0.05, 0.1) is 7.11 Å². The Balaban J connectivity index is 1.67. The van der Waals surface area contributed by atoms with Gasteiger partial charge in [-0.3, -0.25) is 0 Å². The van der Waals surface area contributed by atoms with Crippen molar-refractivity contribution in [1.82, 2.24) is 10.3 Å². The van der Waals surface area contributed by atoms with Gasteiger partial charge in [-0.2, -0.15) is 0 Å². The highest BCUT2D eigenvalue weighted by molar-refractivity contribution is 5.95. The van der Waals surface area contributed by atoms with Crippen molar-refractivity contribution in [2.75, 3.05) is 25.1 Å². The third kappa shape index (κ3) is 3.83. The maximum absolute atomic E-state index is 12.0.